The number of ether oxygens (including phenoxy) is 1. The van der Waals surface area contributed by atoms with Crippen LogP contribution in [-0.2, 0) is 11.3 Å². The van der Waals surface area contributed by atoms with E-state index in [1.807, 2.05) is 0 Å². The second-order valence-corrected chi connectivity index (χ2v) is 7.53. The lowest BCUT2D eigenvalue weighted by atomic mass is 10.3. The second-order valence-electron chi connectivity index (χ2n) is 6.47. The molecule has 25 heavy (non-hydrogen) atoms. The summed E-state index contributed by atoms with van der Waals surface area (Å²) in [6.45, 7) is 10.3. The van der Waals surface area contributed by atoms with Gasteiger partial charge in [0.2, 0.25) is 0 Å². The van der Waals surface area contributed by atoms with E-state index in [0.717, 1.165) is 75.7 Å². The van der Waals surface area contributed by atoms with Gasteiger partial charge in [0.1, 0.15) is 0 Å². The summed E-state index contributed by atoms with van der Waals surface area (Å²) in [5.41, 5.74) is 1.19. The van der Waals surface area contributed by atoms with Crippen molar-refractivity contribution in [2.24, 2.45) is 0 Å². The summed E-state index contributed by atoms with van der Waals surface area (Å²) in [5.74, 6) is 1.92. The van der Waals surface area contributed by atoms with Gasteiger partial charge in [0.25, 0.3) is 0 Å². The minimum atomic E-state index is 0.768. The van der Waals surface area contributed by atoms with E-state index in [-0.39, 0.29) is 0 Å². The van der Waals surface area contributed by atoms with Crippen LogP contribution in [0, 0.1) is 6.92 Å². The number of anilines is 2. The van der Waals surface area contributed by atoms with Gasteiger partial charge in [0, 0.05) is 51.2 Å². The molecule has 8 heteroatoms. The van der Waals surface area contributed by atoms with Crippen LogP contribution in [0.4, 0.5) is 11.6 Å². The van der Waals surface area contributed by atoms with Crippen molar-refractivity contribution in [1.29, 1.82) is 0 Å². The third kappa shape index (κ3) is 4.08. The Kier molecular flexibility index (Phi) is 5.09. The molecule has 0 N–H and O–H groups in total. The Balaban J connectivity index is 1.31. The molecule has 2 aromatic rings. The maximum atomic E-state index is 5.39. The van der Waals surface area contributed by atoms with E-state index in [2.05, 4.69) is 54.3 Å². The third-order valence-electron chi connectivity index (χ3n) is 4.72. The quantitative estimate of drug-likeness (QED) is 0.817. The predicted octanol–water partition coefficient (Wildman–Crippen LogP) is 1.40. The fraction of sp³-hybridized carbons (Fsp3) is 0.588. The SMILES string of the molecule is Cc1nc(CN2CCN(c3ccc(N4CCOCC4)nn3)CC2)cs1. The Bertz CT molecular complexity index is 677. The number of aromatic nitrogens is 3. The van der Waals surface area contributed by atoms with Crippen LogP contribution in [-0.4, -0.2) is 72.6 Å². The van der Waals surface area contributed by atoms with Gasteiger partial charge in [-0.1, -0.05) is 0 Å². The smallest absolute Gasteiger partial charge is 0.151 e. The van der Waals surface area contributed by atoms with E-state index in [0.29, 0.717) is 0 Å². The molecule has 0 amide bonds. The average Bonchev–Trinajstić information content (AvgIpc) is 3.08. The Morgan fingerprint density at radius 1 is 0.960 bits per heavy atom. The first-order valence-electron chi connectivity index (χ1n) is 8.83. The summed E-state index contributed by atoms with van der Waals surface area (Å²) in [4.78, 5) is 11.6. The summed E-state index contributed by atoms with van der Waals surface area (Å²) in [6, 6.07) is 4.18. The molecule has 0 bridgehead atoms. The Labute approximate surface area is 152 Å². The summed E-state index contributed by atoms with van der Waals surface area (Å²) in [5, 5.41) is 12.2. The van der Waals surface area contributed by atoms with Crippen molar-refractivity contribution in [2.45, 2.75) is 13.5 Å². The second kappa shape index (κ2) is 7.63. The summed E-state index contributed by atoms with van der Waals surface area (Å²) in [7, 11) is 0. The normalized spacial score (nSPS) is 19.4. The van der Waals surface area contributed by atoms with Gasteiger partial charge in [-0.2, -0.15) is 0 Å². The van der Waals surface area contributed by atoms with Crippen molar-refractivity contribution in [3.63, 3.8) is 0 Å². The number of hydrogen-bond acceptors (Lipinski definition) is 8. The largest absolute Gasteiger partial charge is 0.378 e. The average molecular weight is 360 g/mol. The van der Waals surface area contributed by atoms with Crippen LogP contribution < -0.4 is 9.80 Å². The summed E-state index contributed by atoms with van der Waals surface area (Å²) < 4.78 is 5.39. The first-order chi connectivity index (χ1) is 12.3. The molecule has 0 atom stereocenters. The Morgan fingerprint density at radius 3 is 2.16 bits per heavy atom. The molecule has 2 aliphatic heterocycles. The lowest BCUT2D eigenvalue weighted by Crippen LogP contribution is -2.46. The number of hydrogen-bond donors (Lipinski definition) is 0. The van der Waals surface area contributed by atoms with Crippen LogP contribution in [0.1, 0.15) is 10.7 Å². The van der Waals surface area contributed by atoms with Gasteiger partial charge in [0.05, 0.1) is 23.9 Å². The van der Waals surface area contributed by atoms with E-state index >= 15 is 0 Å². The zero-order valence-corrected chi connectivity index (χ0v) is 15.4. The van der Waals surface area contributed by atoms with Crippen molar-refractivity contribution in [3.05, 3.63) is 28.2 Å². The molecule has 7 nitrogen and oxygen atoms in total. The molecule has 0 saturated carbocycles. The highest BCUT2D eigenvalue weighted by atomic mass is 32.1. The van der Waals surface area contributed by atoms with Crippen molar-refractivity contribution < 1.29 is 4.74 Å². The molecule has 2 fully saturated rings. The summed E-state index contributed by atoms with van der Waals surface area (Å²) in [6.07, 6.45) is 0. The number of rotatable bonds is 4. The van der Waals surface area contributed by atoms with Crippen molar-refractivity contribution in [1.82, 2.24) is 20.1 Å². The summed E-state index contributed by atoms with van der Waals surface area (Å²) >= 11 is 1.73. The number of nitrogens with zero attached hydrogens (tertiary/aromatic N) is 6. The van der Waals surface area contributed by atoms with E-state index in [1.54, 1.807) is 11.3 Å². The fourth-order valence-electron chi connectivity index (χ4n) is 3.29. The lowest BCUT2D eigenvalue weighted by Gasteiger charge is -2.35. The third-order valence-corrected chi connectivity index (χ3v) is 5.54. The highest BCUT2D eigenvalue weighted by Gasteiger charge is 2.20. The zero-order chi connectivity index (χ0) is 17.1. The molecule has 0 unspecified atom stereocenters. The molecule has 0 radical (unpaired) electrons. The van der Waals surface area contributed by atoms with Crippen molar-refractivity contribution in [3.8, 4) is 0 Å². The molecule has 2 aliphatic rings. The van der Waals surface area contributed by atoms with Crippen LogP contribution >= 0.6 is 11.3 Å². The van der Waals surface area contributed by atoms with E-state index in [9.17, 15) is 0 Å². The molecule has 4 rings (SSSR count). The monoisotopic (exact) mass is 360 g/mol. The van der Waals surface area contributed by atoms with Crippen molar-refractivity contribution in [2.75, 3.05) is 62.3 Å². The zero-order valence-electron chi connectivity index (χ0n) is 14.6. The van der Waals surface area contributed by atoms with Gasteiger partial charge in [0.15, 0.2) is 11.6 Å². The Morgan fingerprint density at radius 2 is 1.60 bits per heavy atom. The lowest BCUT2D eigenvalue weighted by molar-refractivity contribution is 0.122. The molecule has 134 valence electrons. The number of thiazole rings is 1. The van der Waals surface area contributed by atoms with Gasteiger partial charge in [-0.05, 0) is 19.1 Å². The standard InChI is InChI=1S/C17H24N6OS/c1-14-18-15(13-25-14)12-21-4-6-22(7-5-21)16-2-3-17(20-19-16)23-8-10-24-11-9-23/h2-3,13H,4-12H2,1H3. The predicted molar refractivity (Wildman–Crippen MR) is 99.4 cm³/mol. The van der Waals surface area contributed by atoms with Gasteiger partial charge < -0.3 is 14.5 Å². The maximum absolute atomic E-state index is 5.39. The molecule has 4 heterocycles. The van der Waals surface area contributed by atoms with Crippen LogP contribution in [0.3, 0.4) is 0 Å². The Hall–Kier alpha value is -1.77. The number of aryl methyl sites for hydroxylation is 1. The molecule has 0 spiro atoms. The van der Waals surface area contributed by atoms with E-state index in [4.69, 9.17) is 4.74 Å². The molecule has 0 aromatic carbocycles. The molecule has 0 aliphatic carbocycles. The van der Waals surface area contributed by atoms with Crippen LogP contribution in [0.5, 0.6) is 0 Å². The van der Waals surface area contributed by atoms with E-state index in [1.165, 1.54) is 5.69 Å². The molecule has 2 aromatic heterocycles. The van der Waals surface area contributed by atoms with Gasteiger partial charge in [-0.15, -0.1) is 21.5 Å². The maximum Gasteiger partial charge on any atom is 0.151 e. The van der Waals surface area contributed by atoms with E-state index < -0.39 is 0 Å². The van der Waals surface area contributed by atoms with Crippen LogP contribution in [0.2, 0.25) is 0 Å². The van der Waals surface area contributed by atoms with Gasteiger partial charge >= 0.3 is 0 Å². The number of piperazine rings is 1. The first kappa shape index (κ1) is 16.7. The molecular formula is C17H24N6OS. The van der Waals surface area contributed by atoms with Crippen LogP contribution in [0.25, 0.3) is 0 Å². The minimum absolute atomic E-state index is 0.768. The van der Waals surface area contributed by atoms with Crippen LogP contribution in [0.15, 0.2) is 17.5 Å². The molecule has 2 saturated heterocycles. The number of morpholine rings is 1. The fourth-order valence-corrected chi connectivity index (χ4v) is 3.90. The topological polar surface area (TPSA) is 57.6 Å². The van der Waals surface area contributed by atoms with Crippen molar-refractivity contribution >= 4 is 23.0 Å². The highest BCUT2D eigenvalue weighted by Crippen LogP contribution is 2.18. The highest BCUT2D eigenvalue weighted by molar-refractivity contribution is 7.09. The first-order valence-corrected chi connectivity index (χ1v) is 9.70. The van der Waals surface area contributed by atoms with Gasteiger partial charge in [-0.25, -0.2) is 4.98 Å². The minimum Gasteiger partial charge on any atom is -0.378 e. The molecular weight excluding hydrogens is 336 g/mol. The van der Waals surface area contributed by atoms with Gasteiger partial charge in [-0.3, -0.25) is 4.90 Å².